The molecular formula is C24H31N3O5S. The van der Waals surface area contributed by atoms with Gasteiger partial charge in [-0.25, -0.2) is 13.2 Å². The second kappa shape index (κ2) is 9.38. The number of carbonyl (C=O) groups excluding carboxylic acids is 1. The smallest absolute Gasteiger partial charge is 0.336 e. The van der Waals surface area contributed by atoms with Crippen LogP contribution in [0.3, 0.4) is 0 Å². The lowest BCUT2D eigenvalue weighted by atomic mass is 9.90. The summed E-state index contributed by atoms with van der Waals surface area (Å²) in [7, 11) is -3.81. The lowest BCUT2D eigenvalue weighted by Gasteiger charge is -2.31. The molecule has 8 nitrogen and oxygen atoms in total. The van der Waals surface area contributed by atoms with Crippen LogP contribution in [-0.2, 0) is 27.7 Å². The molecule has 1 aromatic carbocycles. The second-order valence-electron chi connectivity index (χ2n) is 9.10. The lowest BCUT2D eigenvalue weighted by Crippen LogP contribution is -2.44. The first-order chi connectivity index (χ1) is 15.7. The molecule has 1 aliphatic carbocycles. The van der Waals surface area contributed by atoms with E-state index in [4.69, 9.17) is 0 Å². The van der Waals surface area contributed by atoms with E-state index < -0.39 is 16.0 Å². The topological polar surface area (TPSA) is 117 Å². The number of hydrogen-bond donors (Lipinski definition) is 2. The first kappa shape index (κ1) is 23.6. The SMILES string of the molecule is CCC(C)NC(=O)C1CCN(S(=O)(=O)c2ccc3nc4c(c(C(=O)O)c3c2)CCCC4)CC1. The molecule has 2 aliphatic rings. The van der Waals surface area contributed by atoms with E-state index >= 15 is 0 Å². The number of aromatic carboxylic acids is 1. The fraction of sp³-hybridized carbons (Fsp3) is 0.542. The maximum Gasteiger partial charge on any atom is 0.336 e. The molecule has 4 rings (SSSR count). The molecule has 1 aromatic heterocycles. The van der Waals surface area contributed by atoms with Crippen molar-refractivity contribution in [3.63, 3.8) is 0 Å². The maximum atomic E-state index is 13.4. The van der Waals surface area contributed by atoms with E-state index in [1.807, 2.05) is 13.8 Å². The highest BCUT2D eigenvalue weighted by molar-refractivity contribution is 7.89. The number of hydrogen-bond acceptors (Lipinski definition) is 5. The molecule has 1 amide bonds. The van der Waals surface area contributed by atoms with E-state index in [1.165, 1.54) is 16.4 Å². The van der Waals surface area contributed by atoms with Crippen molar-refractivity contribution < 1.29 is 23.1 Å². The maximum absolute atomic E-state index is 13.4. The number of carboxylic acids is 1. The van der Waals surface area contributed by atoms with Crippen LogP contribution in [-0.4, -0.2) is 53.8 Å². The van der Waals surface area contributed by atoms with E-state index in [0.29, 0.717) is 30.2 Å². The number of piperidine rings is 1. The summed E-state index contributed by atoms with van der Waals surface area (Å²) in [6, 6.07) is 4.67. The van der Waals surface area contributed by atoms with Crippen molar-refractivity contribution in [2.24, 2.45) is 5.92 Å². The predicted octanol–water partition coefficient (Wildman–Crippen LogP) is 3.13. The quantitative estimate of drug-likeness (QED) is 0.666. The number of benzene rings is 1. The van der Waals surface area contributed by atoms with Gasteiger partial charge in [0, 0.05) is 36.1 Å². The van der Waals surface area contributed by atoms with Crippen molar-refractivity contribution in [3.8, 4) is 0 Å². The Kier molecular flexibility index (Phi) is 6.72. The molecule has 2 heterocycles. The van der Waals surface area contributed by atoms with Crippen molar-refractivity contribution in [1.82, 2.24) is 14.6 Å². The third-order valence-corrected chi connectivity index (χ3v) is 8.81. The highest BCUT2D eigenvalue weighted by Crippen LogP contribution is 2.32. The number of carboxylic acid groups (broad SMARTS) is 1. The van der Waals surface area contributed by atoms with E-state index in [0.717, 1.165) is 36.9 Å². The summed E-state index contributed by atoms with van der Waals surface area (Å²) >= 11 is 0. The van der Waals surface area contributed by atoms with Crippen LogP contribution in [0.15, 0.2) is 23.1 Å². The highest BCUT2D eigenvalue weighted by atomic mass is 32.2. The van der Waals surface area contributed by atoms with E-state index in [9.17, 15) is 23.1 Å². The molecule has 2 aromatic rings. The Morgan fingerprint density at radius 2 is 1.91 bits per heavy atom. The number of carbonyl (C=O) groups is 2. The summed E-state index contributed by atoms with van der Waals surface area (Å²) in [5, 5.41) is 13.3. The molecule has 0 radical (unpaired) electrons. The Morgan fingerprint density at radius 3 is 2.58 bits per heavy atom. The highest BCUT2D eigenvalue weighted by Gasteiger charge is 2.33. The van der Waals surface area contributed by atoms with Crippen LogP contribution in [0.4, 0.5) is 0 Å². The Labute approximate surface area is 194 Å². The Balaban J connectivity index is 1.60. The first-order valence-corrected chi connectivity index (χ1v) is 13.2. The van der Waals surface area contributed by atoms with Crippen molar-refractivity contribution in [2.75, 3.05) is 13.1 Å². The minimum Gasteiger partial charge on any atom is -0.478 e. The number of rotatable bonds is 6. The summed E-state index contributed by atoms with van der Waals surface area (Å²) in [5.74, 6) is -1.27. The third-order valence-electron chi connectivity index (χ3n) is 6.91. The van der Waals surface area contributed by atoms with Gasteiger partial charge in [-0.1, -0.05) is 6.92 Å². The molecule has 1 saturated heterocycles. The minimum atomic E-state index is -3.81. The predicted molar refractivity (Wildman–Crippen MR) is 125 cm³/mol. The summed E-state index contributed by atoms with van der Waals surface area (Å²) < 4.78 is 28.1. The zero-order valence-electron chi connectivity index (χ0n) is 19.1. The van der Waals surface area contributed by atoms with Gasteiger partial charge in [0.25, 0.3) is 0 Å². The van der Waals surface area contributed by atoms with Crippen LogP contribution < -0.4 is 5.32 Å². The normalized spacial score (nSPS) is 18.6. The average Bonchev–Trinajstić information content (AvgIpc) is 2.81. The van der Waals surface area contributed by atoms with Gasteiger partial charge >= 0.3 is 5.97 Å². The number of nitrogens with zero attached hydrogens (tertiary/aromatic N) is 2. The molecule has 1 unspecified atom stereocenters. The largest absolute Gasteiger partial charge is 0.478 e. The molecule has 1 aliphatic heterocycles. The number of aromatic nitrogens is 1. The monoisotopic (exact) mass is 473 g/mol. The van der Waals surface area contributed by atoms with Crippen molar-refractivity contribution in [2.45, 2.75) is 69.7 Å². The Hall–Kier alpha value is -2.52. The molecule has 9 heteroatoms. The molecule has 0 bridgehead atoms. The van der Waals surface area contributed by atoms with Gasteiger partial charge in [0.05, 0.1) is 16.0 Å². The van der Waals surface area contributed by atoms with Gasteiger partial charge in [0.1, 0.15) is 0 Å². The van der Waals surface area contributed by atoms with Gasteiger partial charge in [-0.05, 0) is 75.6 Å². The van der Waals surface area contributed by atoms with Crippen molar-refractivity contribution in [1.29, 1.82) is 0 Å². The number of nitrogens with one attached hydrogen (secondary N) is 1. The van der Waals surface area contributed by atoms with Gasteiger partial charge in [-0.15, -0.1) is 0 Å². The third kappa shape index (κ3) is 4.61. The number of aryl methyl sites for hydroxylation is 1. The summed E-state index contributed by atoms with van der Waals surface area (Å²) in [5.41, 5.74) is 2.21. The molecular weight excluding hydrogens is 442 g/mol. The number of sulfonamides is 1. The molecule has 2 N–H and O–H groups in total. The Bertz CT molecular complexity index is 1190. The van der Waals surface area contributed by atoms with Crippen LogP contribution in [0.5, 0.6) is 0 Å². The minimum absolute atomic E-state index is 0.0194. The number of amides is 1. The van der Waals surface area contributed by atoms with Crippen LogP contribution in [0, 0.1) is 5.92 Å². The standard InChI is InChI=1S/C24H31N3O5S/c1-3-15(2)25-23(28)16-10-12-27(13-11-16)33(31,32)17-8-9-21-19(14-17)22(24(29)30)18-6-4-5-7-20(18)26-21/h8-9,14-16H,3-7,10-13H2,1-2H3,(H,25,28)(H,29,30). The Morgan fingerprint density at radius 1 is 1.21 bits per heavy atom. The summed E-state index contributed by atoms with van der Waals surface area (Å²) in [4.78, 5) is 29.2. The van der Waals surface area contributed by atoms with Crippen molar-refractivity contribution >= 4 is 32.8 Å². The number of fused-ring (bicyclic) bond motifs is 2. The van der Waals surface area contributed by atoms with Gasteiger partial charge in [0.2, 0.25) is 15.9 Å². The fourth-order valence-electron chi connectivity index (χ4n) is 4.78. The van der Waals surface area contributed by atoms with Gasteiger partial charge in [0.15, 0.2) is 0 Å². The van der Waals surface area contributed by atoms with E-state index in [-0.39, 0.29) is 41.4 Å². The van der Waals surface area contributed by atoms with Gasteiger partial charge in [-0.2, -0.15) is 4.31 Å². The van der Waals surface area contributed by atoms with Gasteiger partial charge < -0.3 is 10.4 Å². The molecule has 1 atom stereocenters. The zero-order chi connectivity index (χ0) is 23.8. The molecule has 0 saturated carbocycles. The summed E-state index contributed by atoms with van der Waals surface area (Å²) in [6.45, 7) is 4.47. The van der Waals surface area contributed by atoms with Crippen LogP contribution in [0.2, 0.25) is 0 Å². The van der Waals surface area contributed by atoms with Crippen LogP contribution in [0.25, 0.3) is 10.9 Å². The fourth-order valence-corrected chi connectivity index (χ4v) is 6.27. The number of pyridine rings is 1. The van der Waals surface area contributed by atoms with Gasteiger partial charge in [-0.3, -0.25) is 9.78 Å². The zero-order valence-corrected chi connectivity index (χ0v) is 20.0. The van der Waals surface area contributed by atoms with Crippen molar-refractivity contribution in [3.05, 3.63) is 35.0 Å². The van der Waals surface area contributed by atoms with Crippen LogP contribution in [0.1, 0.15) is 67.6 Å². The second-order valence-corrected chi connectivity index (χ2v) is 11.0. The molecule has 33 heavy (non-hydrogen) atoms. The van der Waals surface area contributed by atoms with E-state index in [2.05, 4.69) is 10.3 Å². The molecule has 0 spiro atoms. The molecule has 178 valence electrons. The lowest BCUT2D eigenvalue weighted by molar-refractivity contribution is -0.126. The first-order valence-electron chi connectivity index (χ1n) is 11.7. The summed E-state index contributed by atoms with van der Waals surface area (Å²) in [6.07, 6.45) is 5.03. The van der Waals surface area contributed by atoms with Crippen LogP contribution >= 0.6 is 0 Å². The average molecular weight is 474 g/mol. The van der Waals surface area contributed by atoms with E-state index in [1.54, 1.807) is 6.07 Å². The molecule has 1 fully saturated rings.